The first kappa shape index (κ1) is 15.0. The lowest BCUT2D eigenvalue weighted by Gasteiger charge is -2.24. The summed E-state index contributed by atoms with van der Waals surface area (Å²) >= 11 is 3.39. The normalized spacial score (nSPS) is 10.3. The van der Waals surface area contributed by atoms with Gasteiger partial charge in [-0.2, -0.15) is 0 Å². The highest BCUT2D eigenvalue weighted by molar-refractivity contribution is 9.10. The summed E-state index contributed by atoms with van der Waals surface area (Å²) < 4.78 is 0.951. The summed E-state index contributed by atoms with van der Waals surface area (Å²) in [6.07, 6.45) is 1.75. The van der Waals surface area contributed by atoms with Gasteiger partial charge in [0.05, 0.1) is 6.54 Å². The van der Waals surface area contributed by atoms with E-state index in [0.717, 1.165) is 28.9 Å². The Balaban J connectivity index is 2.76. The molecule has 0 N–H and O–H groups in total. The van der Waals surface area contributed by atoms with Crippen LogP contribution in [0.4, 0.5) is 5.82 Å². The van der Waals surface area contributed by atoms with Crippen LogP contribution in [0, 0.1) is 6.92 Å². The van der Waals surface area contributed by atoms with Crippen LogP contribution in [0.2, 0.25) is 0 Å². The third-order valence-electron chi connectivity index (χ3n) is 2.87. The summed E-state index contributed by atoms with van der Waals surface area (Å²) in [6.45, 7) is 7.82. The maximum absolute atomic E-state index is 12.0. The molecule has 0 saturated carbocycles. The van der Waals surface area contributed by atoms with Crippen molar-refractivity contribution in [3.8, 4) is 0 Å². The first-order valence-electron chi connectivity index (χ1n) is 6.10. The Hall–Kier alpha value is -1.10. The van der Waals surface area contributed by atoms with Crippen molar-refractivity contribution in [3.63, 3.8) is 0 Å². The van der Waals surface area contributed by atoms with Crippen LogP contribution >= 0.6 is 15.9 Å². The van der Waals surface area contributed by atoms with Gasteiger partial charge in [0, 0.05) is 30.8 Å². The molecule has 1 aromatic rings. The fraction of sp³-hybridized carbons (Fsp3) is 0.538. The third-order valence-corrected chi connectivity index (χ3v) is 3.30. The van der Waals surface area contributed by atoms with Crippen LogP contribution in [0.15, 0.2) is 16.7 Å². The average Bonchev–Trinajstić information content (AvgIpc) is 2.30. The van der Waals surface area contributed by atoms with Gasteiger partial charge in [-0.25, -0.2) is 4.98 Å². The Kier molecular flexibility index (Phi) is 5.59. The van der Waals surface area contributed by atoms with Gasteiger partial charge >= 0.3 is 0 Å². The maximum Gasteiger partial charge on any atom is 0.242 e. The van der Waals surface area contributed by atoms with E-state index in [9.17, 15) is 4.79 Å². The number of hydrogen-bond acceptors (Lipinski definition) is 3. The summed E-state index contributed by atoms with van der Waals surface area (Å²) in [7, 11) is 1.89. The molecule has 0 spiro atoms. The molecule has 0 aromatic carbocycles. The molecule has 0 unspecified atom stereocenters. The number of aromatic nitrogens is 1. The zero-order chi connectivity index (χ0) is 13.7. The first-order valence-corrected chi connectivity index (χ1v) is 6.89. The number of halogens is 1. The molecule has 0 aliphatic heterocycles. The van der Waals surface area contributed by atoms with Crippen LogP contribution < -0.4 is 4.90 Å². The van der Waals surface area contributed by atoms with E-state index < -0.39 is 0 Å². The minimum atomic E-state index is 0.131. The highest BCUT2D eigenvalue weighted by Gasteiger charge is 2.14. The molecule has 0 bridgehead atoms. The SMILES string of the molecule is CCN(CC)C(=O)CN(C)c1ncc(Br)cc1C. The van der Waals surface area contributed by atoms with Crippen molar-refractivity contribution < 1.29 is 4.79 Å². The van der Waals surface area contributed by atoms with E-state index >= 15 is 0 Å². The van der Waals surface area contributed by atoms with Gasteiger partial charge in [-0.15, -0.1) is 0 Å². The lowest BCUT2D eigenvalue weighted by molar-refractivity contribution is -0.129. The van der Waals surface area contributed by atoms with E-state index in [0.29, 0.717) is 6.54 Å². The van der Waals surface area contributed by atoms with E-state index in [1.807, 2.05) is 43.7 Å². The van der Waals surface area contributed by atoms with Gasteiger partial charge in [0.2, 0.25) is 5.91 Å². The highest BCUT2D eigenvalue weighted by Crippen LogP contribution is 2.19. The van der Waals surface area contributed by atoms with E-state index in [2.05, 4.69) is 20.9 Å². The zero-order valence-corrected chi connectivity index (χ0v) is 13.0. The number of rotatable bonds is 5. The molecule has 0 saturated heterocycles. The molecule has 1 rings (SSSR count). The second-order valence-electron chi connectivity index (χ2n) is 4.22. The third kappa shape index (κ3) is 3.70. The van der Waals surface area contributed by atoms with Crippen LogP contribution in [0.3, 0.4) is 0 Å². The Morgan fingerprint density at radius 1 is 1.39 bits per heavy atom. The summed E-state index contributed by atoms with van der Waals surface area (Å²) in [6, 6.07) is 2.00. The van der Waals surface area contributed by atoms with Crippen molar-refractivity contribution in [1.82, 2.24) is 9.88 Å². The van der Waals surface area contributed by atoms with Crippen LogP contribution in [0.25, 0.3) is 0 Å². The van der Waals surface area contributed by atoms with E-state index in [1.54, 1.807) is 6.20 Å². The lowest BCUT2D eigenvalue weighted by Crippen LogP contribution is -2.39. The van der Waals surface area contributed by atoms with Gasteiger partial charge in [0.15, 0.2) is 0 Å². The minimum Gasteiger partial charge on any atom is -0.350 e. The number of carbonyl (C=O) groups excluding carboxylic acids is 1. The van der Waals surface area contributed by atoms with Crippen molar-refractivity contribution in [3.05, 3.63) is 22.3 Å². The molecule has 18 heavy (non-hydrogen) atoms. The maximum atomic E-state index is 12.0. The molecule has 0 aliphatic rings. The molecule has 1 aromatic heterocycles. The minimum absolute atomic E-state index is 0.131. The largest absolute Gasteiger partial charge is 0.350 e. The molecule has 4 nitrogen and oxygen atoms in total. The number of likely N-dealkylation sites (N-methyl/N-ethyl adjacent to an activating group) is 2. The van der Waals surface area contributed by atoms with Crippen LogP contribution in [0.5, 0.6) is 0 Å². The molecule has 0 radical (unpaired) electrons. The second-order valence-corrected chi connectivity index (χ2v) is 5.13. The van der Waals surface area contributed by atoms with Crippen LogP contribution in [-0.2, 0) is 4.79 Å². The summed E-state index contributed by atoms with van der Waals surface area (Å²) in [4.78, 5) is 20.1. The number of aryl methyl sites for hydroxylation is 1. The molecule has 0 atom stereocenters. The van der Waals surface area contributed by atoms with Gasteiger partial charge in [-0.1, -0.05) is 0 Å². The number of nitrogens with zero attached hydrogens (tertiary/aromatic N) is 3. The van der Waals surface area contributed by atoms with Crippen LogP contribution in [0.1, 0.15) is 19.4 Å². The molecule has 100 valence electrons. The van der Waals surface area contributed by atoms with Gasteiger partial charge < -0.3 is 9.80 Å². The fourth-order valence-corrected chi connectivity index (χ4v) is 2.33. The summed E-state index contributed by atoms with van der Waals surface area (Å²) in [5.41, 5.74) is 1.05. The van der Waals surface area contributed by atoms with Crippen molar-refractivity contribution >= 4 is 27.7 Å². The van der Waals surface area contributed by atoms with Crippen molar-refractivity contribution in [2.75, 3.05) is 31.6 Å². The predicted molar refractivity (Wildman–Crippen MR) is 77.9 cm³/mol. The Morgan fingerprint density at radius 3 is 2.50 bits per heavy atom. The second kappa shape index (κ2) is 6.73. The van der Waals surface area contributed by atoms with Gasteiger partial charge in [-0.3, -0.25) is 4.79 Å². The number of pyridine rings is 1. The summed E-state index contributed by atoms with van der Waals surface area (Å²) in [5, 5.41) is 0. The monoisotopic (exact) mass is 313 g/mol. The molecule has 1 heterocycles. The Bertz CT molecular complexity index is 419. The quantitative estimate of drug-likeness (QED) is 0.838. The van der Waals surface area contributed by atoms with Crippen molar-refractivity contribution in [1.29, 1.82) is 0 Å². The topological polar surface area (TPSA) is 36.4 Å². The average molecular weight is 314 g/mol. The van der Waals surface area contributed by atoms with E-state index in [1.165, 1.54) is 0 Å². The smallest absolute Gasteiger partial charge is 0.242 e. The van der Waals surface area contributed by atoms with Gasteiger partial charge in [0.1, 0.15) is 5.82 Å². The summed E-state index contributed by atoms with van der Waals surface area (Å²) in [5.74, 6) is 0.977. The lowest BCUT2D eigenvalue weighted by atomic mass is 10.2. The standard InChI is InChI=1S/C13H20BrN3O/c1-5-17(6-2)12(18)9-16(4)13-10(3)7-11(14)8-15-13/h7-8H,5-6,9H2,1-4H3. The molecule has 0 fully saturated rings. The molecular weight excluding hydrogens is 294 g/mol. The van der Waals surface area contributed by atoms with Crippen molar-refractivity contribution in [2.24, 2.45) is 0 Å². The molecular formula is C13H20BrN3O. The molecule has 1 amide bonds. The molecule has 5 heteroatoms. The number of amides is 1. The zero-order valence-electron chi connectivity index (χ0n) is 11.4. The highest BCUT2D eigenvalue weighted by atomic mass is 79.9. The Labute approximate surface area is 117 Å². The molecule has 0 aliphatic carbocycles. The van der Waals surface area contributed by atoms with Gasteiger partial charge in [-0.05, 0) is 48.3 Å². The van der Waals surface area contributed by atoms with Crippen LogP contribution in [-0.4, -0.2) is 42.5 Å². The number of carbonyl (C=O) groups is 1. The Morgan fingerprint density at radius 2 is 2.00 bits per heavy atom. The van der Waals surface area contributed by atoms with Crippen molar-refractivity contribution in [2.45, 2.75) is 20.8 Å². The predicted octanol–water partition coefficient (Wildman–Crippen LogP) is 2.46. The van der Waals surface area contributed by atoms with E-state index in [-0.39, 0.29) is 5.91 Å². The van der Waals surface area contributed by atoms with Gasteiger partial charge in [0.25, 0.3) is 0 Å². The van der Waals surface area contributed by atoms with E-state index in [4.69, 9.17) is 0 Å². The first-order chi connectivity index (χ1) is 8.49. The fourth-order valence-electron chi connectivity index (χ4n) is 1.89. The number of hydrogen-bond donors (Lipinski definition) is 0. The number of anilines is 1.